The van der Waals surface area contributed by atoms with Crippen LogP contribution in [0.2, 0.25) is 0 Å². The number of alkyl halides is 1. The summed E-state index contributed by atoms with van der Waals surface area (Å²) in [5.74, 6) is 1.60. The Morgan fingerprint density at radius 1 is 1.45 bits per heavy atom. The van der Waals surface area contributed by atoms with Crippen LogP contribution in [0.4, 0.5) is 0 Å². The maximum absolute atomic E-state index is 5.46. The maximum atomic E-state index is 5.46. The number of rotatable bonds is 2. The van der Waals surface area contributed by atoms with Crippen molar-refractivity contribution in [2.24, 2.45) is 0 Å². The summed E-state index contributed by atoms with van der Waals surface area (Å²) in [6, 6.07) is 0. The zero-order valence-corrected chi connectivity index (χ0v) is 7.52. The summed E-state index contributed by atoms with van der Waals surface area (Å²) in [4.78, 5) is 7.80. The molecule has 0 saturated heterocycles. The first-order valence-corrected chi connectivity index (χ1v) is 3.31. The average Bonchev–Trinajstić information content (AvgIpc) is 2.05. The summed E-state index contributed by atoms with van der Waals surface area (Å²) in [6.07, 6.45) is 3.18. The van der Waals surface area contributed by atoms with Crippen LogP contribution in [-0.4, -0.2) is 17.1 Å². The summed E-state index contributed by atoms with van der Waals surface area (Å²) >= 11 is 5.46. The second-order valence-corrected chi connectivity index (χ2v) is 1.94. The van der Waals surface area contributed by atoms with Crippen molar-refractivity contribution in [2.75, 3.05) is 7.11 Å². The lowest BCUT2D eigenvalue weighted by atomic mass is 10.6. The third-order valence-corrected chi connectivity index (χ3v) is 1.28. The van der Waals surface area contributed by atoms with Crippen molar-refractivity contribution in [3.8, 4) is 5.75 Å². The molecule has 0 aliphatic rings. The van der Waals surface area contributed by atoms with Gasteiger partial charge in [0, 0.05) is 0 Å². The van der Waals surface area contributed by atoms with Crippen molar-refractivity contribution in [1.82, 2.24) is 9.97 Å². The molecule has 0 fully saturated rings. The van der Waals surface area contributed by atoms with Gasteiger partial charge in [-0.15, -0.1) is 24.0 Å². The molecule has 0 aromatic carbocycles. The van der Waals surface area contributed by atoms with Crippen molar-refractivity contribution < 1.29 is 4.74 Å². The fraction of sp³-hybridized carbons (Fsp3) is 0.333. The standard InChI is InChI=1S/C6H7ClN2O.ClH/c1-10-5-3-8-6(2-7)9-4-5;/h3-4H,2H2,1H3;1H. The van der Waals surface area contributed by atoms with E-state index in [1.165, 1.54) is 0 Å². The normalized spacial score (nSPS) is 8.55. The lowest BCUT2D eigenvalue weighted by Gasteiger charge is -1.96. The zero-order valence-electron chi connectivity index (χ0n) is 5.95. The highest BCUT2D eigenvalue weighted by molar-refractivity contribution is 6.16. The Balaban J connectivity index is 0.000001000. The highest BCUT2D eigenvalue weighted by Gasteiger charge is 1.93. The minimum Gasteiger partial charge on any atom is -0.494 e. The molecule has 62 valence electrons. The molecule has 1 aromatic rings. The summed E-state index contributed by atoms with van der Waals surface area (Å²) < 4.78 is 4.85. The largest absolute Gasteiger partial charge is 0.494 e. The highest BCUT2D eigenvalue weighted by Crippen LogP contribution is 2.05. The summed E-state index contributed by atoms with van der Waals surface area (Å²) in [6.45, 7) is 0. The molecule has 0 aliphatic heterocycles. The number of hydrogen-bond donors (Lipinski definition) is 0. The molecule has 11 heavy (non-hydrogen) atoms. The minimum absolute atomic E-state index is 0. The monoisotopic (exact) mass is 194 g/mol. The van der Waals surface area contributed by atoms with E-state index in [-0.39, 0.29) is 12.4 Å². The number of methoxy groups -OCH3 is 1. The number of halogens is 2. The van der Waals surface area contributed by atoms with Crippen LogP contribution in [0.5, 0.6) is 5.75 Å². The van der Waals surface area contributed by atoms with Gasteiger partial charge in [0.25, 0.3) is 0 Å². The lowest BCUT2D eigenvalue weighted by molar-refractivity contribution is 0.410. The van der Waals surface area contributed by atoms with Gasteiger partial charge in [-0.1, -0.05) is 0 Å². The van der Waals surface area contributed by atoms with Crippen LogP contribution in [0.25, 0.3) is 0 Å². The van der Waals surface area contributed by atoms with Crippen LogP contribution in [0.15, 0.2) is 12.4 Å². The van der Waals surface area contributed by atoms with E-state index < -0.39 is 0 Å². The number of aromatic nitrogens is 2. The van der Waals surface area contributed by atoms with E-state index in [4.69, 9.17) is 16.3 Å². The van der Waals surface area contributed by atoms with E-state index in [1.807, 2.05) is 0 Å². The van der Waals surface area contributed by atoms with Gasteiger partial charge in [-0.2, -0.15) is 0 Å². The zero-order chi connectivity index (χ0) is 7.40. The molecular formula is C6H8Cl2N2O. The van der Waals surface area contributed by atoms with Crippen LogP contribution in [0.1, 0.15) is 5.82 Å². The van der Waals surface area contributed by atoms with Crippen molar-refractivity contribution in [3.63, 3.8) is 0 Å². The van der Waals surface area contributed by atoms with Gasteiger partial charge in [0.1, 0.15) is 5.82 Å². The smallest absolute Gasteiger partial charge is 0.155 e. The van der Waals surface area contributed by atoms with Crippen LogP contribution >= 0.6 is 24.0 Å². The minimum atomic E-state index is 0. The van der Waals surface area contributed by atoms with Gasteiger partial charge in [0.05, 0.1) is 25.4 Å². The third kappa shape index (κ3) is 2.91. The Kier molecular flexibility index (Phi) is 4.90. The SMILES string of the molecule is COc1cnc(CCl)nc1.Cl. The molecule has 0 unspecified atom stereocenters. The van der Waals surface area contributed by atoms with Gasteiger partial charge >= 0.3 is 0 Å². The third-order valence-electron chi connectivity index (χ3n) is 1.04. The molecule has 3 nitrogen and oxygen atoms in total. The number of ether oxygens (including phenoxy) is 1. The van der Waals surface area contributed by atoms with E-state index in [2.05, 4.69) is 9.97 Å². The number of hydrogen-bond acceptors (Lipinski definition) is 3. The van der Waals surface area contributed by atoms with Crippen molar-refractivity contribution in [1.29, 1.82) is 0 Å². The van der Waals surface area contributed by atoms with Crippen LogP contribution in [0.3, 0.4) is 0 Å². The second-order valence-electron chi connectivity index (χ2n) is 1.67. The molecule has 0 spiro atoms. The molecule has 0 amide bonds. The first-order valence-electron chi connectivity index (χ1n) is 2.77. The molecule has 1 heterocycles. The number of nitrogens with zero attached hydrogens (tertiary/aromatic N) is 2. The van der Waals surface area contributed by atoms with E-state index in [0.29, 0.717) is 17.5 Å². The fourth-order valence-electron chi connectivity index (χ4n) is 0.517. The maximum Gasteiger partial charge on any atom is 0.155 e. The lowest BCUT2D eigenvalue weighted by Crippen LogP contribution is -1.91. The van der Waals surface area contributed by atoms with Gasteiger partial charge in [-0.05, 0) is 0 Å². The summed E-state index contributed by atoms with van der Waals surface area (Å²) in [5, 5.41) is 0. The molecule has 0 saturated carbocycles. The van der Waals surface area contributed by atoms with Gasteiger partial charge in [-0.25, -0.2) is 9.97 Å². The molecule has 0 atom stereocenters. The summed E-state index contributed by atoms with van der Waals surface area (Å²) in [7, 11) is 1.57. The Bertz CT molecular complexity index is 179. The Labute approximate surface area is 76.2 Å². The van der Waals surface area contributed by atoms with Crippen molar-refractivity contribution >= 4 is 24.0 Å². The average molecular weight is 195 g/mol. The molecular weight excluding hydrogens is 187 g/mol. The van der Waals surface area contributed by atoms with Gasteiger partial charge in [0.2, 0.25) is 0 Å². The predicted molar refractivity (Wildman–Crippen MR) is 45.4 cm³/mol. The molecule has 1 rings (SSSR count). The van der Waals surface area contributed by atoms with Crippen LogP contribution in [0, 0.1) is 0 Å². The molecule has 0 radical (unpaired) electrons. The first-order chi connectivity index (χ1) is 4.86. The Morgan fingerprint density at radius 3 is 2.36 bits per heavy atom. The van der Waals surface area contributed by atoms with E-state index >= 15 is 0 Å². The van der Waals surface area contributed by atoms with E-state index in [0.717, 1.165) is 0 Å². The quantitative estimate of drug-likeness (QED) is 0.673. The van der Waals surface area contributed by atoms with E-state index in [1.54, 1.807) is 19.5 Å². The van der Waals surface area contributed by atoms with Gasteiger partial charge < -0.3 is 4.74 Å². The molecule has 0 bridgehead atoms. The molecule has 1 aromatic heterocycles. The Morgan fingerprint density at radius 2 is 2.00 bits per heavy atom. The predicted octanol–water partition coefficient (Wildman–Crippen LogP) is 1.65. The van der Waals surface area contributed by atoms with E-state index in [9.17, 15) is 0 Å². The summed E-state index contributed by atoms with van der Waals surface area (Å²) in [5.41, 5.74) is 0. The molecule has 0 aliphatic carbocycles. The molecule has 5 heteroatoms. The second kappa shape index (κ2) is 5.16. The van der Waals surface area contributed by atoms with Crippen LogP contribution in [-0.2, 0) is 5.88 Å². The molecule has 0 N–H and O–H groups in total. The Hall–Kier alpha value is -0.540. The highest BCUT2D eigenvalue weighted by atomic mass is 35.5. The van der Waals surface area contributed by atoms with Gasteiger partial charge in [-0.3, -0.25) is 0 Å². The first kappa shape index (κ1) is 10.5. The topological polar surface area (TPSA) is 35.0 Å². The van der Waals surface area contributed by atoms with Crippen molar-refractivity contribution in [3.05, 3.63) is 18.2 Å². The fourth-order valence-corrected chi connectivity index (χ4v) is 0.655. The van der Waals surface area contributed by atoms with Crippen molar-refractivity contribution in [2.45, 2.75) is 5.88 Å². The van der Waals surface area contributed by atoms with Crippen LogP contribution < -0.4 is 4.74 Å². The van der Waals surface area contributed by atoms with Gasteiger partial charge in [0.15, 0.2) is 5.75 Å².